The summed E-state index contributed by atoms with van der Waals surface area (Å²) in [5, 5.41) is 19.2. The number of hydrogen-bond acceptors (Lipinski definition) is 5. The van der Waals surface area contributed by atoms with Gasteiger partial charge in [-0.2, -0.15) is 23.5 Å². The van der Waals surface area contributed by atoms with Gasteiger partial charge in [0.15, 0.2) is 11.7 Å². The Morgan fingerprint density at radius 1 is 1.39 bits per heavy atom. The quantitative estimate of drug-likeness (QED) is 0.450. The van der Waals surface area contributed by atoms with Crippen LogP contribution in [0.2, 0.25) is 5.02 Å². The summed E-state index contributed by atoms with van der Waals surface area (Å²) in [5.41, 5.74) is 1.48. The average molecular weight is 494 g/mol. The van der Waals surface area contributed by atoms with Gasteiger partial charge < -0.3 is 10.6 Å². The van der Waals surface area contributed by atoms with E-state index in [4.69, 9.17) is 11.6 Å². The van der Waals surface area contributed by atoms with Crippen molar-refractivity contribution in [2.45, 2.75) is 44.9 Å². The zero-order valence-electron chi connectivity index (χ0n) is 17.6. The molecule has 0 spiro atoms. The molecule has 33 heavy (non-hydrogen) atoms. The molecule has 0 saturated carbocycles. The minimum Gasteiger partial charge on any atom is -0.362 e. The molecule has 3 aromatic rings. The first-order valence-electron chi connectivity index (χ1n) is 10.2. The number of aromatic nitrogens is 2. The number of nitrogens with one attached hydrogen (secondary N) is 2. The van der Waals surface area contributed by atoms with E-state index in [-0.39, 0.29) is 23.0 Å². The summed E-state index contributed by atoms with van der Waals surface area (Å²) in [5.74, 6) is -0.845. The van der Waals surface area contributed by atoms with Gasteiger partial charge in [-0.15, -0.1) is 11.3 Å². The molecule has 0 bridgehead atoms. The Kier molecular flexibility index (Phi) is 6.12. The van der Waals surface area contributed by atoms with Crippen LogP contribution in [-0.2, 0) is 6.42 Å². The molecule has 3 heterocycles. The Hall–Kier alpha value is -3.03. The molecule has 2 atom stereocenters. The van der Waals surface area contributed by atoms with E-state index in [0.29, 0.717) is 22.5 Å². The second-order valence-electron chi connectivity index (χ2n) is 7.62. The van der Waals surface area contributed by atoms with Crippen LogP contribution in [0.3, 0.4) is 0 Å². The second-order valence-corrected chi connectivity index (χ2v) is 9.22. The molecule has 0 unspecified atom stereocenters. The highest BCUT2D eigenvalue weighted by molar-refractivity contribution is 7.16. The van der Waals surface area contributed by atoms with Gasteiger partial charge in [0.2, 0.25) is 0 Å². The number of alkyl halides is 3. The number of carbonyl (C=O) groups excluding carboxylic acids is 1. The first-order valence-corrected chi connectivity index (χ1v) is 11.3. The van der Waals surface area contributed by atoms with E-state index < -0.39 is 24.2 Å². The van der Waals surface area contributed by atoms with Crippen LogP contribution in [0.4, 0.5) is 24.0 Å². The molecule has 2 N–H and O–H groups in total. The number of nitrogens with zero attached hydrogens (tertiary/aromatic N) is 3. The minimum absolute atomic E-state index is 0.0682. The molecule has 1 aliphatic heterocycles. The normalized spacial score (nSPS) is 17.7. The van der Waals surface area contributed by atoms with Crippen LogP contribution in [0, 0.1) is 18.3 Å². The first kappa shape index (κ1) is 23.1. The predicted molar refractivity (Wildman–Crippen MR) is 121 cm³/mol. The summed E-state index contributed by atoms with van der Waals surface area (Å²) in [6, 6.07) is 8.19. The zero-order chi connectivity index (χ0) is 23.9. The third kappa shape index (κ3) is 4.18. The molecule has 0 fully saturated rings. The summed E-state index contributed by atoms with van der Waals surface area (Å²) in [6.45, 7) is 3.73. The third-order valence-electron chi connectivity index (χ3n) is 5.61. The van der Waals surface area contributed by atoms with Gasteiger partial charge in [0, 0.05) is 11.3 Å². The fraction of sp³-hybridized carbons (Fsp3) is 0.318. The maximum absolute atomic E-state index is 13.9. The van der Waals surface area contributed by atoms with Crippen molar-refractivity contribution in [1.29, 1.82) is 5.26 Å². The number of benzene rings is 1. The lowest BCUT2D eigenvalue weighted by Crippen LogP contribution is -2.35. The van der Waals surface area contributed by atoms with Crippen molar-refractivity contribution in [2.24, 2.45) is 0 Å². The Morgan fingerprint density at radius 3 is 2.70 bits per heavy atom. The van der Waals surface area contributed by atoms with Gasteiger partial charge in [-0.05, 0) is 24.5 Å². The highest BCUT2D eigenvalue weighted by Gasteiger charge is 2.47. The largest absolute Gasteiger partial charge is 0.410 e. The van der Waals surface area contributed by atoms with Crippen LogP contribution in [0.1, 0.15) is 57.5 Å². The standard InChI is InChI=1S/C22H19ClF3N5OS/c1-3-13-11(2)33-21(14(13)10-27)29-20(32)18-17(23)19-28-15(12-7-5-4-6-8-12)9-16(22(24,25)26)31(19)30-18/h4-8,15-16,28H,3,9H2,1-2H3,(H,29,32)/t15-,16-/m0/s1. The molecule has 0 aliphatic carbocycles. The van der Waals surface area contributed by atoms with Gasteiger partial charge in [0.1, 0.15) is 21.9 Å². The maximum atomic E-state index is 13.9. The highest BCUT2D eigenvalue weighted by atomic mass is 35.5. The SMILES string of the molecule is CCc1c(C)sc(NC(=O)c2nn3c(c2Cl)N[C@H](c2ccccc2)C[C@H]3C(F)(F)F)c1C#N. The van der Waals surface area contributed by atoms with Gasteiger partial charge in [0.25, 0.3) is 5.91 Å². The van der Waals surface area contributed by atoms with Crippen LogP contribution in [0.15, 0.2) is 30.3 Å². The van der Waals surface area contributed by atoms with Gasteiger partial charge in [-0.25, -0.2) is 4.68 Å². The van der Waals surface area contributed by atoms with Crippen LogP contribution in [0.5, 0.6) is 0 Å². The van der Waals surface area contributed by atoms with Crippen LogP contribution >= 0.6 is 22.9 Å². The smallest absolute Gasteiger partial charge is 0.362 e. The van der Waals surface area contributed by atoms with E-state index in [2.05, 4.69) is 21.8 Å². The Morgan fingerprint density at radius 2 is 2.09 bits per heavy atom. The Bertz CT molecular complexity index is 1250. The van der Waals surface area contributed by atoms with Crippen LogP contribution in [-0.4, -0.2) is 21.9 Å². The van der Waals surface area contributed by atoms with E-state index in [1.54, 1.807) is 30.3 Å². The average Bonchev–Trinajstić information content (AvgIpc) is 3.28. The van der Waals surface area contributed by atoms with E-state index >= 15 is 0 Å². The van der Waals surface area contributed by atoms with Crippen molar-refractivity contribution in [3.05, 3.63) is 62.6 Å². The monoisotopic (exact) mass is 493 g/mol. The minimum atomic E-state index is -4.60. The molecule has 0 saturated heterocycles. The molecular formula is C22H19ClF3N5OS. The molecule has 1 amide bonds. The van der Waals surface area contributed by atoms with Gasteiger partial charge in [-0.3, -0.25) is 4.79 Å². The third-order valence-corrected chi connectivity index (χ3v) is 7.03. The fourth-order valence-corrected chi connectivity index (χ4v) is 5.37. The number of anilines is 2. The van der Waals surface area contributed by atoms with Crippen molar-refractivity contribution in [1.82, 2.24) is 9.78 Å². The highest BCUT2D eigenvalue weighted by Crippen LogP contribution is 2.46. The number of fused-ring (bicyclic) bond motifs is 1. The molecule has 2 aromatic heterocycles. The molecule has 172 valence electrons. The van der Waals surface area contributed by atoms with Crippen molar-refractivity contribution in [3.8, 4) is 6.07 Å². The summed E-state index contributed by atoms with van der Waals surface area (Å²) in [4.78, 5) is 13.8. The number of aryl methyl sites for hydroxylation is 1. The van der Waals surface area contributed by atoms with E-state index in [1.807, 2.05) is 13.8 Å². The first-order chi connectivity index (χ1) is 15.7. The summed E-state index contributed by atoms with van der Waals surface area (Å²) in [6.07, 6.45) is -4.29. The molecular weight excluding hydrogens is 475 g/mol. The number of nitriles is 1. The molecule has 1 aromatic carbocycles. The van der Waals surface area contributed by atoms with Crippen molar-refractivity contribution >= 4 is 39.7 Å². The second kappa shape index (κ2) is 8.72. The van der Waals surface area contributed by atoms with Crippen molar-refractivity contribution in [2.75, 3.05) is 10.6 Å². The number of amides is 1. The summed E-state index contributed by atoms with van der Waals surface area (Å²) >= 11 is 7.60. The topological polar surface area (TPSA) is 82.7 Å². The van der Waals surface area contributed by atoms with Crippen molar-refractivity contribution in [3.63, 3.8) is 0 Å². The summed E-state index contributed by atoms with van der Waals surface area (Å²) < 4.78 is 42.5. The zero-order valence-corrected chi connectivity index (χ0v) is 19.2. The molecule has 11 heteroatoms. The fourth-order valence-electron chi connectivity index (χ4n) is 4.01. The Balaban J connectivity index is 1.72. The van der Waals surface area contributed by atoms with Gasteiger partial charge >= 0.3 is 6.18 Å². The van der Waals surface area contributed by atoms with E-state index in [1.165, 1.54) is 11.3 Å². The maximum Gasteiger partial charge on any atom is 0.410 e. The van der Waals surface area contributed by atoms with Crippen LogP contribution in [0.25, 0.3) is 0 Å². The lowest BCUT2D eigenvalue weighted by Gasteiger charge is -2.33. The number of rotatable bonds is 4. The number of hydrogen-bond donors (Lipinski definition) is 2. The lowest BCUT2D eigenvalue weighted by atomic mass is 9.97. The molecule has 4 rings (SSSR count). The molecule has 6 nitrogen and oxygen atoms in total. The number of thiophene rings is 1. The van der Waals surface area contributed by atoms with E-state index in [0.717, 1.165) is 15.1 Å². The van der Waals surface area contributed by atoms with Crippen molar-refractivity contribution < 1.29 is 18.0 Å². The predicted octanol–water partition coefficient (Wildman–Crippen LogP) is 6.25. The van der Waals surface area contributed by atoms with E-state index in [9.17, 15) is 23.2 Å². The molecule has 0 radical (unpaired) electrons. The Labute approximate surface area is 197 Å². The number of carbonyl (C=O) groups is 1. The summed E-state index contributed by atoms with van der Waals surface area (Å²) in [7, 11) is 0. The van der Waals surface area contributed by atoms with Gasteiger partial charge in [0.05, 0.1) is 11.6 Å². The van der Waals surface area contributed by atoms with Crippen LogP contribution < -0.4 is 10.6 Å². The number of halogens is 4. The molecule has 1 aliphatic rings. The lowest BCUT2D eigenvalue weighted by molar-refractivity contribution is -0.173. The van der Waals surface area contributed by atoms with Gasteiger partial charge in [-0.1, -0.05) is 48.9 Å².